The molecule has 1 aromatic heterocycles. The zero-order valence-corrected chi connectivity index (χ0v) is 11.3. The Kier molecular flexibility index (Phi) is 3.53. The van der Waals surface area contributed by atoms with Crippen LogP contribution in [0.15, 0.2) is 18.2 Å². The summed E-state index contributed by atoms with van der Waals surface area (Å²) >= 11 is 5.98. The maximum absolute atomic E-state index is 11.9. The van der Waals surface area contributed by atoms with Gasteiger partial charge >= 0.3 is 5.97 Å². The van der Waals surface area contributed by atoms with Crippen LogP contribution in [0, 0.1) is 13.8 Å². The molecule has 0 saturated heterocycles. The van der Waals surface area contributed by atoms with Crippen molar-refractivity contribution in [3.63, 3.8) is 0 Å². The van der Waals surface area contributed by atoms with Gasteiger partial charge in [0.05, 0.1) is 23.4 Å². The van der Waals surface area contributed by atoms with Crippen LogP contribution in [-0.4, -0.2) is 17.6 Å². The number of hydrogen-bond donors (Lipinski definition) is 0. The number of esters is 1. The van der Waals surface area contributed by atoms with Gasteiger partial charge < -0.3 is 4.74 Å². The number of carbonyl (C=O) groups excluding carboxylic acids is 1. The molecule has 0 aliphatic carbocycles. The zero-order valence-electron chi connectivity index (χ0n) is 10.6. The van der Waals surface area contributed by atoms with Crippen molar-refractivity contribution >= 4 is 28.5 Å². The SMILES string of the molecule is CCOC(=O)c1c(C)nc2ccc(Cl)cc2c1C. The van der Waals surface area contributed by atoms with E-state index in [9.17, 15) is 4.79 Å². The van der Waals surface area contributed by atoms with E-state index in [-0.39, 0.29) is 5.97 Å². The molecule has 0 aliphatic rings. The predicted molar refractivity (Wildman–Crippen MR) is 72.2 cm³/mol. The van der Waals surface area contributed by atoms with Crippen LogP contribution in [0.3, 0.4) is 0 Å². The minimum Gasteiger partial charge on any atom is -0.462 e. The monoisotopic (exact) mass is 263 g/mol. The van der Waals surface area contributed by atoms with Gasteiger partial charge in [0, 0.05) is 10.4 Å². The number of carbonyl (C=O) groups is 1. The van der Waals surface area contributed by atoms with Gasteiger partial charge in [-0.1, -0.05) is 11.6 Å². The molecule has 0 atom stereocenters. The molecule has 1 heterocycles. The molecular formula is C14H14ClNO2. The Morgan fingerprint density at radius 1 is 1.39 bits per heavy atom. The first-order chi connectivity index (χ1) is 8.54. The second-order valence-corrected chi connectivity index (χ2v) is 4.52. The molecule has 94 valence electrons. The van der Waals surface area contributed by atoms with E-state index in [1.54, 1.807) is 13.0 Å². The summed E-state index contributed by atoms with van der Waals surface area (Å²) in [6.45, 7) is 5.84. The van der Waals surface area contributed by atoms with Gasteiger partial charge in [0.1, 0.15) is 0 Å². The molecule has 0 bridgehead atoms. The third kappa shape index (κ3) is 2.18. The van der Waals surface area contributed by atoms with Crippen molar-refractivity contribution in [1.82, 2.24) is 4.98 Å². The minimum atomic E-state index is -0.332. The molecule has 0 saturated carbocycles. The van der Waals surface area contributed by atoms with E-state index in [0.29, 0.717) is 22.9 Å². The number of aryl methyl sites for hydroxylation is 2. The third-order valence-corrected chi connectivity index (χ3v) is 3.10. The highest BCUT2D eigenvalue weighted by Crippen LogP contribution is 2.25. The van der Waals surface area contributed by atoms with Gasteiger partial charge in [0.25, 0.3) is 0 Å². The fourth-order valence-corrected chi connectivity index (χ4v) is 2.22. The standard InChI is InChI=1S/C14H14ClNO2/c1-4-18-14(17)13-8(2)11-7-10(15)5-6-12(11)16-9(13)3/h5-7H,4H2,1-3H3. The third-order valence-electron chi connectivity index (χ3n) is 2.87. The molecular weight excluding hydrogens is 250 g/mol. The summed E-state index contributed by atoms with van der Waals surface area (Å²) in [6.07, 6.45) is 0. The number of pyridine rings is 1. The van der Waals surface area contributed by atoms with Crippen molar-refractivity contribution in [2.75, 3.05) is 6.61 Å². The fourth-order valence-electron chi connectivity index (χ4n) is 2.05. The topological polar surface area (TPSA) is 39.2 Å². The molecule has 2 aromatic rings. The van der Waals surface area contributed by atoms with Crippen LogP contribution in [0.5, 0.6) is 0 Å². The smallest absolute Gasteiger partial charge is 0.340 e. The highest BCUT2D eigenvalue weighted by Gasteiger charge is 2.17. The summed E-state index contributed by atoms with van der Waals surface area (Å²) in [5.41, 5.74) is 2.91. The Morgan fingerprint density at radius 2 is 2.11 bits per heavy atom. The molecule has 0 fully saturated rings. The summed E-state index contributed by atoms with van der Waals surface area (Å²) in [7, 11) is 0. The van der Waals surface area contributed by atoms with E-state index in [2.05, 4.69) is 4.98 Å². The van der Waals surface area contributed by atoms with Crippen molar-refractivity contribution in [2.24, 2.45) is 0 Å². The van der Waals surface area contributed by atoms with Crippen LogP contribution in [0.4, 0.5) is 0 Å². The summed E-state index contributed by atoms with van der Waals surface area (Å²) in [4.78, 5) is 16.3. The minimum absolute atomic E-state index is 0.332. The lowest BCUT2D eigenvalue weighted by molar-refractivity contribution is 0.0524. The Bertz CT molecular complexity index is 623. The summed E-state index contributed by atoms with van der Waals surface area (Å²) in [6, 6.07) is 5.47. The van der Waals surface area contributed by atoms with E-state index >= 15 is 0 Å². The number of hydrogen-bond acceptors (Lipinski definition) is 3. The van der Waals surface area contributed by atoms with Crippen LogP contribution < -0.4 is 0 Å². The lowest BCUT2D eigenvalue weighted by Crippen LogP contribution is -2.10. The summed E-state index contributed by atoms with van der Waals surface area (Å²) in [5.74, 6) is -0.332. The number of benzene rings is 1. The molecule has 4 heteroatoms. The largest absolute Gasteiger partial charge is 0.462 e. The first-order valence-corrected chi connectivity index (χ1v) is 6.16. The molecule has 0 aliphatic heterocycles. The van der Waals surface area contributed by atoms with Gasteiger partial charge in [-0.05, 0) is 44.5 Å². The van der Waals surface area contributed by atoms with Crippen molar-refractivity contribution in [1.29, 1.82) is 0 Å². The number of fused-ring (bicyclic) bond motifs is 1. The number of aromatic nitrogens is 1. The number of ether oxygens (including phenoxy) is 1. The van der Waals surface area contributed by atoms with Gasteiger partial charge in [-0.3, -0.25) is 4.98 Å². The second-order valence-electron chi connectivity index (χ2n) is 4.08. The highest BCUT2D eigenvalue weighted by molar-refractivity contribution is 6.31. The molecule has 0 N–H and O–H groups in total. The van der Waals surface area contributed by atoms with Crippen molar-refractivity contribution in [3.05, 3.63) is 40.0 Å². The maximum atomic E-state index is 11.9. The molecule has 1 aromatic carbocycles. The lowest BCUT2D eigenvalue weighted by Gasteiger charge is -2.11. The molecule has 0 spiro atoms. The van der Waals surface area contributed by atoms with Crippen LogP contribution in [0.25, 0.3) is 10.9 Å². The van der Waals surface area contributed by atoms with Crippen molar-refractivity contribution in [2.45, 2.75) is 20.8 Å². The molecule has 2 rings (SSSR count). The number of halogens is 1. The van der Waals surface area contributed by atoms with Gasteiger partial charge in [0.2, 0.25) is 0 Å². The fraction of sp³-hybridized carbons (Fsp3) is 0.286. The van der Waals surface area contributed by atoms with Gasteiger partial charge in [0.15, 0.2) is 0 Å². The number of nitrogens with zero attached hydrogens (tertiary/aromatic N) is 1. The van der Waals surface area contributed by atoms with Crippen molar-refractivity contribution < 1.29 is 9.53 Å². The first kappa shape index (κ1) is 12.8. The van der Waals surface area contributed by atoms with Gasteiger partial charge in [-0.25, -0.2) is 4.79 Å². The lowest BCUT2D eigenvalue weighted by atomic mass is 10.0. The Balaban J connectivity index is 2.70. The Hall–Kier alpha value is -1.61. The van der Waals surface area contributed by atoms with Crippen LogP contribution in [0.2, 0.25) is 5.02 Å². The molecule has 0 amide bonds. The first-order valence-electron chi connectivity index (χ1n) is 5.78. The number of rotatable bonds is 2. The van der Waals surface area contributed by atoms with Crippen LogP contribution in [0.1, 0.15) is 28.5 Å². The second kappa shape index (κ2) is 4.94. The molecule has 18 heavy (non-hydrogen) atoms. The van der Waals surface area contributed by atoms with Crippen LogP contribution in [-0.2, 0) is 4.74 Å². The Morgan fingerprint density at radius 3 is 2.78 bits per heavy atom. The van der Waals surface area contributed by atoms with E-state index in [1.165, 1.54) is 0 Å². The van der Waals surface area contributed by atoms with Crippen LogP contribution >= 0.6 is 11.6 Å². The average Bonchev–Trinajstić information content (AvgIpc) is 2.31. The Labute approximate surface area is 111 Å². The van der Waals surface area contributed by atoms with E-state index < -0.39 is 0 Å². The summed E-state index contributed by atoms with van der Waals surface area (Å²) in [5, 5.41) is 1.52. The van der Waals surface area contributed by atoms with Gasteiger partial charge in [-0.15, -0.1) is 0 Å². The predicted octanol–water partition coefficient (Wildman–Crippen LogP) is 3.68. The van der Waals surface area contributed by atoms with E-state index in [0.717, 1.165) is 16.5 Å². The molecule has 0 unspecified atom stereocenters. The summed E-state index contributed by atoms with van der Waals surface area (Å²) < 4.78 is 5.06. The van der Waals surface area contributed by atoms with E-state index in [1.807, 2.05) is 26.0 Å². The zero-order chi connectivity index (χ0) is 13.3. The van der Waals surface area contributed by atoms with E-state index in [4.69, 9.17) is 16.3 Å². The van der Waals surface area contributed by atoms with Crippen molar-refractivity contribution in [3.8, 4) is 0 Å². The normalized spacial score (nSPS) is 10.7. The quantitative estimate of drug-likeness (QED) is 0.776. The molecule has 0 radical (unpaired) electrons. The maximum Gasteiger partial charge on any atom is 0.340 e. The molecule has 3 nitrogen and oxygen atoms in total. The highest BCUT2D eigenvalue weighted by atomic mass is 35.5. The average molecular weight is 264 g/mol. The van der Waals surface area contributed by atoms with Gasteiger partial charge in [-0.2, -0.15) is 0 Å².